The summed E-state index contributed by atoms with van der Waals surface area (Å²) in [5.41, 5.74) is 9.26. The summed E-state index contributed by atoms with van der Waals surface area (Å²) in [6.07, 6.45) is 8.53. The Kier molecular flexibility index (Phi) is 9.12. The van der Waals surface area contributed by atoms with Gasteiger partial charge in [-0.25, -0.2) is 19.2 Å². The molecule has 1 saturated heterocycles. The highest BCUT2D eigenvalue weighted by Crippen LogP contribution is 2.23. The Morgan fingerprint density at radius 2 is 2.07 bits per heavy atom. The number of rotatable bonds is 11. The second-order valence-corrected chi connectivity index (χ2v) is 10.4. The maximum Gasteiger partial charge on any atom is 0.335 e. The van der Waals surface area contributed by atoms with Gasteiger partial charge in [0, 0.05) is 43.7 Å². The fourth-order valence-corrected chi connectivity index (χ4v) is 5.14. The van der Waals surface area contributed by atoms with Crippen molar-refractivity contribution < 1.29 is 19.0 Å². The fourth-order valence-electron chi connectivity index (χ4n) is 5.14. The van der Waals surface area contributed by atoms with Gasteiger partial charge in [-0.2, -0.15) is 5.26 Å². The predicted molar refractivity (Wildman–Crippen MR) is 159 cm³/mol. The number of aliphatic imine (C=N–C) groups is 1. The number of carboxylic acids is 1. The smallest absolute Gasteiger partial charge is 0.335 e. The highest BCUT2D eigenvalue weighted by Gasteiger charge is 2.22. The van der Waals surface area contributed by atoms with E-state index >= 15 is 0 Å². The summed E-state index contributed by atoms with van der Waals surface area (Å²) in [6.45, 7) is 5.61. The van der Waals surface area contributed by atoms with E-state index in [9.17, 15) is 14.3 Å². The van der Waals surface area contributed by atoms with E-state index in [4.69, 9.17) is 20.7 Å². The molecule has 5 rings (SSSR count). The lowest BCUT2D eigenvalue weighted by Gasteiger charge is -2.30. The van der Waals surface area contributed by atoms with Crippen molar-refractivity contribution in [2.45, 2.75) is 52.0 Å². The lowest BCUT2D eigenvalue weighted by molar-refractivity contribution is 0.0697. The van der Waals surface area contributed by atoms with Crippen LogP contribution in [0.25, 0.3) is 11.0 Å². The molecular formula is C31H33FN8O3. The highest BCUT2D eigenvalue weighted by molar-refractivity contribution is 5.92. The summed E-state index contributed by atoms with van der Waals surface area (Å²) in [6, 6.07) is 11.3. The molecule has 0 atom stereocenters. The number of nitriles is 1. The number of aromatic carboxylic acids is 1. The van der Waals surface area contributed by atoms with Gasteiger partial charge in [0.2, 0.25) is 0 Å². The molecule has 43 heavy (non-hydrogen) atoms. The summed E-state index contributed by atoms with van der Waals surface area (Å²) in [4.78, 5) is 27.8. The Labute approximate surface area is 248 Å². The number of ether oxygens (including phenoxy) is 1. The minimum absolute atomic E-state index is 0.0463. The number of aryl methyl sites for hydroxylation is 1. The van der Waals surface area contributed by atoms with E-state index in [0.29, 0.717) is 18.7 Å². The highest BCUT2D eigenvalue weighted by atomic mass is 19.1. The average Bonchev–Trinajstić information content (AvgIpc) is 3.60. The molecule has 0 radical (unpaired) electrons. The van der Waals surface area contributed by atoms with Crippen LogP contribution in [0.3, 0.4) is 0 Å². The van der Waals surface area contributed by atoms with E-state index in [1.54, 1.807) is 36.8 Å². The van der Waals surface area contributed by atoms with Crippen molar-refractivity contribution >= 4 is 23.2 Å². The van der Waals surface area contributed by atoms with Crippen LogP contribution in [0.1, 0.15) is 52.8 Å². The van der Waals surface area contributed by atoms with Crippen LogP contribution in [0.4, 0.5) is 4.39 Å². The Balaban J connectivity index is 1.20. The molecule has 1 aliphatic rings. The third-order valence-electron chi connectivity index (χ3n) is 7.57. The minimum Gasteiger partial charge on any atom is -0.478 e. The number of nitrogens with zero attached hydrogens (tertiary/aromatic N) is 7. The van der Waals surface area contributed by atoms with E-state index in [1.807, 2.05) is 12.3 Å². The number of carbonyl (C=O) groups is 1. The van der Waals surface area contributed by atoms with Crippen LogP contribution < -0.4 is 5.73 Å². The molecule has 0 aliphatic carbocycles. The van der Waals surface area contributed by atoms with Crippen LogP contribution in [0.5, 0.6) is 0 Å². The molecule has 1 aliphatic heterocycles. The molecule has 0 amide bonds. The van der Waals surface area contributed by atoms with E-state index in [2.05, 4.69) is 30.9 Å². The third kappa shape index (κ3) is 7.07. The number of allylic oxidation sites excluding steroid dienone is 1. The van der Waals surface area contributed by atoms with Crippen molar-refractivity contribution in [1.29, 1.82) is 5.26 Å². The summed E-state index contributed by atoms with van der Waals surface area (Å²) in [5.74, 6) is -0.490. The number of benzene rings is 2. The SMILES string of the molecule is CCn1cncc1Cn1c(CN2CCC(N=C/C=C(\N)OCc3ccc(C#N)cc3F)CC2)nc2ccc(C(=O)O)cc21. The first-order chi connectivity index (χ1) is 20.8. The summed E-state index contributed by atoms with van der Waals surface area (Å²) in [5, 5.41) is 18.4. The number of piperidine rings is 1. The number of hydrogen-bond donors (Lipinski definition) is 2. The van der Waals surface area contributed by atoms with E-state index in [1.165, 1.54) is 18.2 Å². The maximum atomic E-state index is 14.0. The largest absolute Gasteiger partial charge is 0.478 e. The zero-order chi connectivity index (χ0) is 30.3. The number of hydrogen-bond acceptors (Lipinski definition) is 8. The van der Waals surface area contributed by atoms with Crippen molar-refractivity contribution in [2.24, 2.45) is 10.7 Å². The van der Waals surface area contributed by atoms with E-state index in [0.717, 1.165) is 55.0 Å². The standard InChI is InChI=1S/C31H33FN8O3/c1-2-39-20-35-16-25(39)17-40-28-14-22(31(41)42)5-6-27(28)37-30(40)18-38-11-8-24(9-12-38)36-10-7-29(34)43-19-23-4-3-21(15-33)13-26(23)32/h3-7,10,13-14,16,20,24H,2,8-9,11-12,17-19,34H2,1H3,(H,41,42)/b29-7+,36-10?. The molecular weight excluding hydrogens is 551 g/mol. The molecule has 222 valence electrons. The lowest BCUT2D eigenvalue weighted by Crippen LogP contribution is -2.35. The molecule has 3 heterocycles. The van der Waals surface area contributed by atoms with Crippen LogP contribution >= 0.6 is 0 Å². The normalized spacial score (nSPS) is 14.9. The van der Waals surface area contributed by atoms with Crippen molar-refractivity contribution in [3.63, 3.8) is 0 Å². The number of imidazole rings is 2. The quantitative estimate of drug-likeness (QED) is 0.198. The third-order valence-corrected chi connectivity index (χ3v) is 7.57. The monoisotopic (exact) mass is 584 g/mol. The number of aromatic nitrogens is 4. The number of halogens is 1. The van der Waals surface area contributed by atoms with Gasteiger partial charge in [-0.1, -0.05) is 6.07 Å². The molecule has 11 nitrogen and oxygen atoms in total. The van der Waals surface area contributed by atoms with Crippen molar-refractivity contribution in [2.75, 3.05) is 13.1 Å². The first kappa shape index (κ1) is 29.5. The van der Waals surface area contributed by atoms with Gasteiger partial charge in [0.15, 0.2) is 5.88 Å². The van der Waals surface area contributed by atoms with Gasteiger partial charge in [0.1, 0.15) is 18.2 Å². The van der Waals surface area contributed by atoms with Crippen molar-refractivity contribution in [1.82, 2.24) is 24.0 Å². The first-order valence-corrected chi connectivity index (χ1v) is 14.1. The van der Waals surface area contributed by atoms with Crippen LogP contribution in [0.15, 0.2) is 65.9 Å². The summed E-state index contributed by atoms with van der Waals surface area (Å²) >= 11 is 0. The Morgan fingerprint density at radius 3 is 2.79 bits per heavy atom. The van der Waals surface area contributed by atoms with Gasteiger partial charge >= 0.3 is 5.97 Å². The van der Waals surface area contributed by atoms with Gasteiger partial charge in [0.25, 0.3) is 0 Å². The second-order valence-electron chi connectivity index (χ2n) is 10.4. The molecule has 2 aromatic heterocycles. The number of likely N-dealkylation sites (tertiary alicyclic amines) is 1. The van der Waals surface area contributed by atoms with Crippen molar-refractivity contribution in [3.05, 3.63) is 94.9 Å². The molecule has 1 fully saturated rings. The topological polar surface area (TPSA) is 148 Å². The molecule has 3 N–H and O–H groups in total. The van der Waals surface area contributed by atoms with Crippen LogP contribution in [-0.2, 0) is 31.0 Å². The average molecular weight is 585 g/mol. The maximum absolute atomic E-state index is 14.0. The van der Waals surface area contributed by atoms with Gasteiger partial charge in [0.05, 0.1) is 59.4 Å². The van der Waals surface area contributed by atoms with Crippen LogP contribution in [-0.4, -0.2) is 60.4 Å². The molecule has 0 unspecified atom stereocenters. The van der Waals surface area contributed by atoms with Crippen LogP contribution in [0.2, 0.25) is 0 Å². The Hall–Kier alpha value is -5.02. The second kappa shape index (κ2) is 13.3. The predicted octanol–water partition coefficient (Wildman–Crippen LogP) is 4.06. The number of nitrogens with two attached hydrogens (primary N) is 1. The molecule has 0 saturated carbocycles. The number of carboxylic acid groups (broad SMARTS) is 1. The van der Waals surface area contributed by atoms with Gasteiger partial charge in [-0.05, 0) is 50.1 Å². The Bertz CT molecular complexity index is 1710. The van der Waals surface area contributed by atoms with Gasteiger partial charge < -0.3 is 24.7 Å². The Morgan fingerprint density at radius 1 is 1.26 bits per heavy atom. The zero-order valence-corrected chi connectivity index (χ0v) is 23.9. The molecule has 0 bridgehead atoms. The van der Waals surface area contributed by atoms with E-state index in [-0.39, 0.29) is 29.7 Å². The fraction of sp³-hybridized carbons (Fsp3) is 0.323. The molecule has 12 heteroatoms. The van der Waals surface area contributed by atoms with Gasteiger partial charge in [-0.3, -0.25) is 9.89 Å². The van der Waals surface area contributed by atoms with E-state index < -0.39 is 11.8 Å². The van der Waals surface area contributed by atoms with Crippen molar-refractivity contribution in [3.8, 4) is 6.07 Å². The number of fused-ring (bicyclic) bond motifs is 1. The van der Waals surface area contributed by atoms with Crippen LogP contribution in [0, 0.1) is 17.1 Å². The summed E-state index contributed by atoms with van der Waals surface area (Å²) in [7, 11) is 0. The first-order valence-electron chi connectivity index (χ1n) is 14.1. The van der Waals surface area contributed by atoms with Gasteiger partial charge in [-0.15, -0.1) is 0 Å². The lowest BCUT2D eigenvalue weighted by atomic mass is 10.1. The minimum atomic E-state index is -0.971. The molecule has 0 spiro atoms. The summed E-state index contributed by atoms with van der Waals surface area (Å²) < 4.78 is 23.6. The zero-order valence-electron chi connectivity index (χ0n) is 23.9. The molecule has 2 aromatic carbocycles. The molecule has 4 aromatic rings.